The number of ether oxygens (including phenoxy) is 1. The maximum Gasteiger partial charge on any atom is 0.319 e. The lowest BCUT2D eigenvalue weighted by Gasteiger charge is -2.20. The average Bonchev–Trinajstić information content (AvgIpc) is 2.20. The number of rotatable bonds is 9. The molecule has 18 heavy (non-hydrogen) atoms. The van der Waals surface area contributed by atoms with Crippen LogP contribution in [0.15, 0.2) is 0 Å². The first-order chi connectivity index (χ1) is 8.34. The van der Waals surface area contributed by atoms with E-state index < -0.39 is 6.17 Å². The average molecular weight is 278 g/mol. The lowest BCUT2D eigenvalue weighted by Crippen LogP contribution is -2.28. The van der Waals surface area contributed by atoms with Crippen molar-refractivity contribution in [3.8, 4) is 0 Å². The largest absolute Gasteiger partial charge is 0.462 e. The van der Waals surface area contributed by atoms with Crippen molar-refractivity contribution in [2.45, 2.75) is 71.4 Å². The molecule has 0 aromatic carbocycles. The molecule has 0 saturated heterocycles. The van der Waals surface area contributed by atoms with E-state index in [1.165, 1.54) is 0 Å². The van der Waals surface area contributed by atoms with Crippen LogP contribution in [-0.2, 0) is 9.53 Å². The number of unbranched alkanes of at least 4 members (excludes halogenated alkanes) is 1. The van der Waals surface area contributed by atoms with E-state index in [1.807, 2.05) is 27.7 Å². The van der Waals surface area contributed by atoms with Gasteiger partial charge in [0, 0.05) is 0 Å². The van der Waals surface area contributed by atoms with Gasteiger partial charge in [0.2, 0.25) is 0 Å². The summed E-state index contributed by atoms with van der Waals surface area (Å²) in [6.45, 7) is 9.38. The zero-order valence-electron chi connectivity index (χ0n) is 12.2. The van der Waals surface area contributed by atoms with Crippen LogP contribution in [0.25, 0.3) is 0 Å². The Balaban J connectivity index is 3.94. The number of halogens is 1. The van der Waals surface area contributed by atoms with Crippen LogP contribution in [0.4, 0.5) is 4.39 Å². The van der Waals surface area contributed by atoms with Crippen LogP contribution in [0.2, 0.25) is 0 Å². The van der Waals surface area contributed by atoms with Crippen LogP contribution in [0, 0.1) is 5.92 Å². The Kier molecular flexibility index (Phi) is 9.52. The fourth-order valence-electron chi connectivity index (χ4n) is 1.57. The van der Waals surface area contributed by atoms with Gasteiger partial charge in [-0.2, -0.15) is 0 Å². The Morgan fingerprint density at radius 1 is 1.17 bits per heavy atom. The Morgan fingerprint density at radius 3 is 2.22 bits per heavy atom. The second-order valence-corrected chi connectivity index (χ2v) is 6.55. The first kappa shape index (κ1) is 17.8. The minimum atomic E-state index is -0.721. The monoisotopic (exact) mass is 278 g/mol. The summed E-state index contributed by atoms with van der Waals surface area (Å²) >= 11 is 1.63. The van der Waals surface area contributed by atoms with E-state index in [-0.39, 0.29) is 23.2 Å². The van der Waals surface area contributed by atoms with E-state index in [9.17, 15) is 9.18 Å². The predicted molar refractivity (Wildman–Crippen MR) is 76.7 cm³/mol. The molecule has 0 aromatic rings. The third kappa shape index (κ3) is 8.78. The number of carbonyl (C=O) groups excluding carboxylic acids is 1. The molecule has 0 amide bonds. The molecule has 0 rings (SSSR count). The normalized spacial score (nSPS) is 14.9. The van der Waals surface area contributed by atoms with Gasteiger partial charge >= 0.3 is 5.97 Å². The SMILES string of the molecule is CC(F)CCCCSC(C(=O)OC(C)C)C(C)C. The lowest BCUT2D eigenvalue weighted by atomic mass is 10.1. The predicted octanol–water partition coefficient (Wildman–Crippen LogP) is 4.22. The van der Waals surface area contributed by atoms with Crippen molar-refractivity contribution in [1.82, 2.24) is 0 Å². The number of thioether (sulfide) groups is 1. The molecule has 0 bridgehead atoms. The number of hydrogen-bond acceptors (Lipinski definition) is 3. The maximum absolute atomic E-state index is 12.6. The molecule has 2 atom stereocenters. The van der Waals surface area contributed by atoms with Crippen LogP contribution < -0.4 is 0 Å². The molecule has 108 valence electrons. The van der Waals surface area contributed by atoms with Gasteiger partial charge in [-0.3, -0.25) is 4.79 Å². The van der Waals surface area contributed by atoms with Crippen molar-refractivity contribution in [2.24, 2.45) is 5.92 Å². The summed E-state index contributed by atoms with van der Waals surface area (Å²) in [6.07, 6.45) is 1.67. The van der Waals surface area contributed by atoms with Crippen LogP contribution in [-0.4, -0.2) is 29.2 Å². The van der Waals surface area contributed by atoms with E-state index in [0.717, 1.165) is 18.6 Å². The van der Waals surface area contributed by atoms with Crippen LogP contribution in [0.5, 0.6) is 0 Å². The van der Waals surface area contributed by atoms with Crippen molar-refractivity contribution in [2.75, 3.05) is 5.75 Å². The van der Waals surface area contributed by atoms with Crippen LogP contribution >= 0.6 is 11.8 Å². The van der Waals surface area contributed by atoms with Crippen molar-refractivity contribution >= 4 is 17.7 Å². The lowest BCUT2D eigenvalue weighted by molar-refractivity contribution is -0.147. The molecular formula is C14H27FO2S. The molecular weight excluding hydrogens is 251 g/mol. The maximum atomic E-state index is 12.6. The highest BCUT2D eigenvalue weighted by Crippen LogP contribution is 2.23. The van der Waals surface area contributed by atoms with E-state index in [2.05, 4.69) is 0 Å². The third-order valence-electron chi connectivity index (χ3n) is 2.48. The molecule has 0 aliphatic rings. The van der Waals surface area contributed by atoms with E-state index in [1.54, 1.807) is 18.7 Å². The van der Waals surface area contributed by atoms with Gasteiger partial charge in [-0.05, 0) is 51.7 Å². The van der Waals surface area contributed by atoms with E-state index in [0.29, 0.717) is 6.42 Å². The third-order valence-corrected chi connectivity index (χ3v) is 4.10. The van der Waals surface area contributed by atoms with Crippen LogP contribution in [0.3, 0.4) is 0 Å². The van der Waals surface area contributed by atoms with Crippen molar-refractivity contribution in [3.05, 3.63) is 0 Å². The van der Waals surface area contributed by atoms with Gasteiger partial charge in [0.25, 0.3) is 0 Å². The standard InChI is InChI=1S/C14H27FO2S/c1-10(2)13(14(16)17-11(3)4)18-9-7-6-8-12(5)15/h10-13H,6-9H2,1-5H3. The number of alkyl halides is 1. The molecule has 0 N–H and O–H groups in total. The van der Waals surface area contributed by atoms with Gasteiger partial charge in [-0.15, -0.1) is 11.8 Å². The molecule has 2 unspecified atom stereocenters. The molecule has 0 spiro atoms. The molecule has 4 heteroatoms. The molecule has 2 nitrogen and oxygen atoms in total. The van der Waals surface area contributed by atoms with Gasteiger partial charge in [0.05, 0.1) is 12.3 Å². The van der Waals surface area contributed by atoms with Gasteiger partial charge in [-0.25, -0.2) is 4.39 Å². The zero-order valence-corrected chi connectivity index (χ0v) is 13.1. The first-order valence-electron chi connectivity index (χ1n) is 6.80. The highest BCUT2D eigenvalue weighted by Gasteiger charge is 2.24. The fourth-order valence-corrected chi connectivity index (χ4v) is 2.77. The molecule has 0 radical (unpaired) electrons. The summed E-state index contributed by atoms with van der Waals surface area (Å²) in [5.41, 5.74) is 0. The van der Waals surface area contributed by atoms with Crippen molar-refractivity contribution in [3.63, 3.8) is 0 Å². The summed E-state index contributed by atoms with van der Waals surface area (Å²) in [5.74, 6) is 1.04. The smallest absolute Gasteiger partial charge is 0.319 e. The Labute approximate surface area is 115 Å². The van der Waals surface area contributed by atoms with E-state index >= 15 is 0 Å². The first-order valence-corrected chi connectivity index (χ1v) is 7.85. The topological polar surface area (TPSA) is 26.3 Å². The fraction of sp³-hybridized carbons (Fsp3) is 0.929. The quantitative estimate of drug-likeness (QED) is 0.466. The number of carbonyl (C=O) groups is 1. The minimum Gasteiger partial charge on any atom is -0.462 e. The molecule has 0 fully saturated rings. The van der Waals surface area contributed by atoms with Gasteiger partial charge in [0.1, 0.15) is 5.25 Å². The summed E-state index contributed by atoms with van der Waals surface area (Å²) in [4.78, 5) is 11.9. The highest BCUT2D eigenvalue weighted by molar-refractivity contribution is 8.00. The summed E-state index contributed by atoms with van der Waals surface area (Å²) in [6, 6.07) is 0. The summed E-state index contributed by atoms with van der Waals surface area (Å²) in [5, 5.41) is -0.102. The number of esters is 1. The zero-order chi connectivity index (χ0) is 14.1. The van der Waals surface area contributed by atoms with Gasteiger partial charge < -0.3 is 4.74 Å². The Hall–Kier alpha value is -0.250. The van der Waals surface area contributed by atoms with Gasteiger partial charge in [-0.1, -0.05) is 13.8 Å². The molecule has 0 aliphatic carbocycles. The minimum absolute atomic E-state index is 0.0632. The van der Waals surface area contributed by atoms with Crippen LogP contribution in [0.1, 0.15) is 53.9 Å². The second kappa shape index (κ2) is 9.65. The Morgan fingerprint density at radius 2 is 1.78 bits per heavy atom. The van der Waals surface area contributed by atoms with Crippen molar-refractivity contribution in [1.29, 1.82) is 0 Å². The molecule has 0 heterocycles. The summed E-state index contributed by atoms with van der Waals surface area (Å²) in [7, 11) is 0. The highest BCUT2D eigenvalue weighted by atomic mass is 32.2. The molecule has 0 aliphatic heterocycles. The van der Waals surface area contributed by atoms with Crippen molar-refractivity contribution < 1.29 is 13.9 Å². The molecule has 0 aromatic heterocycles. The number of hydrogen-bond donors (Lipinski definition) is 0. The summed E-state index contributed by atoms with van der Waals surface area (Å²) < 4.78 is 17.9. The molecule has 0 saturated carbocycles. The second-order valence-electron chi connectivity index (χ2n) is 5.30. The van der Waals surface area contributed by atoms with E-state index in [4.69, 9.17) is 4.74 Å². The van der Waals surface area contributed by atoms with Gasteiger partial charge in [0.15, 0.2) is 0 Å². The Bertz CT molecular complexity index is 230.